The number of amides is 1. The van der Waals surface area contributed by atoms with Crippen LogP contribution in [0.25, 0.3) is 22.3 Å². The summed E-state index contributed by atoms with van der Waals surface area (Å²) >= 11 is 0. The zero-order chi connectivity index (χ0) is 19.2. The van der Waals surface area contributed by atoms with Gasteiger partial charge in [-0.2, -0.15) is 5.10 Å². The third-order valence-corrected chi connectivity index (χ3v) is 5.44. The Bertz CT molecular complexity index is 951. The Hall–Kier alpha value is -2.63. The van der Waals surface area contributed by atoms with Crippen LogP contribution in [0.5, 0.6) is 0 Å². The van der Waals surface area contributed by atoms with Gasteiger partial charge in [-0.3, -0.25) is 9.89 Å². The summed E-state index contributed by atoms with van der Waals surface area (Å²) in [5.41, 5.74) is 3.71. The summed E-state index contributed by atoms with van der Waals surface area (Å²) in [5, 5.41) is 6.83. The van der Waals surface area contributed by atoms with Gasteiger partial charge >= 0.3 is 0 Å². The summed E-state index contributed by atoms with van der Waals surface area (Å²) in [6.45, 7) is 9.90. The van der Waals surface area contributed by atoms with Crippen LogP contribution in [0, 0.1) is 11.3 Å². The number of aromatic amines is 1. The Balaban J connectivity index is 1.52. The number of likely N-dealkylation sites (tertiary alicyclic amines) is 1. The number of H-pyrrole nitrogens is 1. The summed E-state index contributed by atoms with van der Waals surface area (Å²) in [7, 11) is 0. The number of rotatable bonds is 3. The molecule has 142 valence electrons. The van der Waals surface area contributed by atoms with Crippen molar-refractivity contribution in [1.29, 1.82) is 0 Å². The second kappa shape index (κ2) is 6.51. The number of nitrogens with one attached hydrogen (secondary N) is 1. The summed E-state index contributed by atoms with van der Waals surface area (Å²) in [6, 6.07) is 6.53. The molecular formula is C21H27N5O. The Morgan fingerprint density at radius 3 is 2.81 bits per heavy atom. The molecule has 0 radical (unpaired) electrons. The summed E-state index contributed by atoms with van der Waals surface area (Å²) in [4.78, 5) is 19.5. The average Bonchev–Trinajstić information content (AvgIpc) is 3.34. The molecule has 4 rings (SSSR count). The molecular weight excluding hydrogens is 338 g/mol. The standard InChI is InChI=1S/C21H27N5O/c1-14-9-15(13-26(14)20(27)21(2,3)4)12-25-8-7-18-19(25)6-5-17(24-18)16-10-22-23-11-16/h5-8,10-11,14-15H,9,12-13H2,1-4H3,(H,22,23)/t14-,15-/m1/s1. The topological polar surface area (TPSA) is 66.8 Å². The molecule has 0 spiro atoms. The monoisotopic (exact) mass is 365 g/mol. The lowest BCUT2D eigenvalue weighted by Crippen LogP contribution is -2.41. The maximum Gasteiger partial charge on any atom is 0.228 e. The molecule has 0 bridgehead atoms. The van der Waals surface area contributed by atoms with E-state index in [4.69, 9.17) is 4.98 Å². The minimum absolute atomic E-state index is 0.251. The van der Waals surface area contributed by atoms with Gasteiger partial charge in [0.05, 0.1) is 22.9 Å². The minimum Gasteiger partial charge on any atom is -0.346 e. The summed E-state index contributed by atoms with van der Waals surface area (Å²) in [5.74, 6) is 0.719. The van der Waals surface area contributed by atoms with Gasteiger partial charge in [-0.1, -0.05) is 20.8 Å². The molecule has 6 nitrogen and oxygen atoms in total. The lowest BCUT2D eigenvalue weighted by molar-refractivity contribution is -0.140. The van der Waals surface area contributed by atoms with Gasteiger partial charge in [-0.25, -0.2) is 4.98 Å². The van der Waals surface area contributed by atoms with Crippen LogP contribution in [-0.2, 0) is 11.3 Å². The fourth-order valence-corrected chi connectivity index (χ4v) is 4.05. The number of hydrogen-bond acceptors (Lipinski definition) is 3. The molecule has 3 aromatic heterocycles. The van der Waals surface area contributed by atoms with Crippen LogP contribution in [0.3, 0.4) is 0 Å². The van der Waals surface area contributed by atoms with Gasteiger partial charge in [0.15, 0.2) is 0 Å². The van der Waals surface area contributed by atoms with Crippen molar-refractivity contribution in [2.45, 2.75) is 46.7 Å². The lowest BCUT2D eigenvalue weighted by Gasteiger charge is -2.29. The molecule has 0 saturated carbocycles. The van der Waals surface area contributed by atoms with Gasteiger partial charge < -0.3 is 9.47 Å². The van der Waals surface area contributed by atoms with Crippen molar-refractivity contribution in [3.8, 4) is 11.3 Å². The highest BCUT2D eigenvalue weighted by atomic mass is 16.2. The summed E-state index contributed by atoms with van der Waals surface area (Å²) < 4.78 is 2.27. The third kappa shape index (κ3) is 3.36. The zero-order valence-corrected chi connectivity index (χ0v) is 16.4. The van der Waals surface area contributed by atoms with Crippen LogP contribution in [0.15, 0.2) is 36.8 Å². The van der Waals surface area contributed by atoms with Crippen LogP contribution in [0.2, 0.25) is 0 Å². The van der Waals surface area contributed by atoms with Crippen molar-refractivity contribution in [2.24, 2.45) is 11.3 Å². The molecule has 0 unspecified atom stereocenters. The van der Waals surface area contributed by atoms with E-state index in [0.717, 1.165) is 41.8 Å². The zero-order valence-electron chi connectivity index (χ0n) is 16.4. The molecule has 1 N–H and O–H groups in total. The van der Waals surface area contributed by atoms with Crippen molar-refractivity contribution in [3.63, 3.8) is 0 Å². The Morgan fingerprint density at radius 1 is 1.30 bits per heavy atom. The first-order chi connectivity index (χ1) is 12.8. The van der Waals surface area contributed by atoms with E-state index >= 15 is 0 Å². The fraction of sp³-hybridized carbons (Fsp3) is 0.476. The highest BCUT2D eigenvalue weighted by molar-refractivity contribution is 5.82. The molecule has 27 heavy (non-hydrogen) atoms. The maximum absolute atomic E-state index is 12.7. The van der Waals surface area contributed by atoms with Gasteiger partial charge in [-0.05, 0) is 37.5 Å². The third-order valence-electron chi connectivity index (χ3n) is 5.44. The van der Waals surface area contributed by atoms with E-state index < -0.39 is 0 Å². The van der Waals surface area contributed by atoms with Crippen LogP contribution in [0.4, 0.5) is 0 Å². The predicted octanol–water partition coefficient (Wildman–Crippen LogP) is 3.71. The van der Waals surface area contributed by atoms with Gasteiger partial charge in [0, 0.05) is 42.5 Å². The van der Waals surface area contributed by atoms with Crippen molar-refractivity contribution in [2.75, 3.05) is 6.54 Å². The van der Waals surface area contributed by atoms with Crippen LogP contribution >= 0.6 is 0 Å². The van der Waals surface area contributed by atoms with Crippen molar-refractivity contribution in [1.82, 2.24) is 24.6 Å². The van der Waals surface area contributed by atoms with E-state index in [-0.39, 0.29) is 11.3 Å². The normalized spacial score (nSPS) is 20.5. The minimum atomic E-state index is -0.323. The summed E-state index contributed by atoms with van der Waals surface area (Å²) in [6.07, 6.45) is 6.79. The smallest absolute Gasteiger partial charge is 0.228 e. The molecule has 1 amide bonds. The number of nitrogens with zero attached hydrogens (tertiary/aromatic N) is 4. The number of fused-ring (bicyclic) bond motifs is 1. The van der Waals surface area contributed by atoms with E-state index in [1.807, 2.05) is 33.0 Å². The van der Waals surface area contributed by atoms with E-state index in [1.165, 1.54) is 0 Å². The second-order valence-corrected chi connectivity index (χ2v) is 8.71. The number of carbonyl (C=O) groups excluding carboxylic acids is 1. The average molecular weight is 365 g/mol. The van der Waals surface area contributed by atoms with Gasteiger partial charge in [0.2, 0.25) is 5.91 Å². The van der Waals surface area contributed by atoms with Gasteiger partial charge in [0.1, 0.15) is 0 Å². The molecule has 0 aromatic carbocycles. The number of carbonyl (C=O) groups is 1. The SMILES string of the molecule is C[C@@H]1C[C@H](Cn2ccc3nc(-c4cn[nH]c4)ccc32)CN1C(=O)C(C)(C)C. The Labute approximate surface area is 159 Å². The maximum atomic E-state index is 12.7. The van der Waals surface area contributed by atoms with Crippen molar-refractivity contribution >= 4 is 16.9 Å². The predicted molar refractivity (Wildman–Crippen MR) is 106 cm³/mol. The van der Waals surface area contributed by atoms with Gasteiger partial charge in [-0.15, -0.1) is 0 Å². The number of pyridine rings is 1. The van der Waals surface area contributed by atoms with E-state index in [9.17, 15) is 4.79 Å². The van der Waals surface area contributed by atoms with Crippen LogP contribution < -0.4 is 0 Å². The number of hydrogen-bond donors (Lipinski definition) is 1. The molecule has 1 fully saturated rings. The molecule has 1 saturated heterocycles. The quantitative estimate of drug-likeness (QED) is 0.769. The largest absolute Gasteiger partial charge is 0.346 e. The van der Waals surface area contributed by atoms with Crippen molar-refractivity contribution in [3.05, 3.63) is 36.8 Å². The number of aromatic nitrogens is 4. The lowest BCUT2D eigenvalue weighted by atomic mass is 9.94. The van der Waals surface area contributed by atoms with E-state index in [2.05, 4.69) is 44.9 Å². The molecule has 2 atom stereocenters. The highest BCUT2D eigenvalue weighted by Crippen LogP contribution is 2.30. The second-order valence-electron chi connectivity index (χ2n) is 8.71. The van der Waals surface area contributed by atoms with E-state index in [1.54, 1.807) is 6.20 Å². The van der Waals surface area contributed by atoms with Crippen LogP contribution in [0.1, 0.15) is 34.1 Å². The molecule has 6 heteroatoms. The molecule has 3 aromatic rings. The molecule has 1 aliphatic rings. The van der Waals surface area contributed by atoms with Gasteiger partial charge in [0.25, 0.3) is 0 Å². The molecule has 4 heterocycles. The highest BCUT2D eigenvalue weighted by Gasteiger charge is 2.37. The Kier molecular flexibility index (Phi) is 4.29. The molecule has 0 aliphatic carbocycles. The van der Waals surface area contributed by atoms with Crippen LogP contribution in [-0.4, -0.2) is 43.1 Å². The van der Waals surface area contributed by atoms with Crippen molar-refractivity contribution < 1.29 is 4.79 Å². The fourth-order valence-electron chi connectivity index (χ4n) is 4.05. The first-order valence-electron chi connectivity index (χ1n) is 9.59. The molecule has 1 aliphatic heterocycles. The first kappa shape index (κ1) is 17.8. The first-order valence-corrected chi connectivity index (χ1v) is 9.59. The van der Waals surface area contributed by atoms with E-state index in [0.29, 0.717) is 12.0 Å². The Morgan fingerprint density at radius 2 is 2.11 bits per heavy atom.